The van der Waals surface area contributed by atoms with Crippen molar-refractivity contribution in [2.24, 2.45) is 0 Å². The minimum Gasteiger partial charge on any atom is -0.493 e. The first-order valence-corrected chi connectivity index (χ1v) is 6.13. The van der Waals surface area contributed by atoms with Crippen LogP contribution in [0.15, 0.2) is 24.4 Å². The van der Waals surface area contributed by atoms with E-state index < -0.39 is 0 Å². The van der Waals surface area contributed by atoms with Crippen molar-refractivity contribution in [3.05, 3.63) is 30.0 Å². The van der Waals surface area contributed by atoms with Gasteiger partial charge in [-0.2, -0.15) is 0 Å². The lowest BCUT2D eigenvalue weighted by molar-refractivity contribution is 0.325. The van der Waals surface area contributed by atoms with E-state index in [0.29, 0.717) is 23.1 Å². The van der Waals surface area contributed by atoms with E-state index in [1.54, 1.807) is 27.5 Å². The molecule has 2 aromatic rings. The van der Waals surface area contributed by atoms with E-state index in [1.807, 2.05) is 25.1 Å². The average molecular weight is 274 g/mol. The Balaban J connectivity index is 2.64. The van der Waals surface area contributed by atoms with E-state index >= 15 is 0 Å². The number of hydrogen-bond donors (Lipinski definition) is 1. The van der Waals surface area contributed by atoms with Crippen LogP contribution in [0.5, 0.6) is 17.2 Å². The minimum atomic E-state index is 0.521. The number of rotatable bonds is 4. The summed E-state index contributed by atoms with van der Waals surface area (Å²) in [4.78, 5) is 4.18. The monoisotopic (exact) mass is 274 g/mol. The first-order chi connectivity index (χ1) is 9.62. The molecule has 0 fully saturated rings. The number of pyridine rings is 1. The van der Waals surface area contributed by atoms with Gasteiger partial charge in [-0.15, -0.1) is 0 Å². The molecule has 5 heteroatoms. The third-order valence-electron chi connectivity index (χ3n) is 3.13. The maximum absolute atomic E-state index is 5.75. The van der Waals surface area contributed by atoms with Gasteiger partial charge >= 0.3 is 0 Å². The van der Waals surface area contributed by atoms with E-state index in [9.17, 15) is 0 Å². The minimum absolute atomic E-state index is 0.521. The Bertz CT molecular complexity index is 627. The van der Waals surface area contributed by atoms with Gasteiger partial charge in [-0.1, -0.05) is 0 Å². The second-order valence-electron chi connectivity index (χ2n) is 4.31. The van der Waals surface area contributed by atoms with Gasteiger partial charge in [0.25, 0.3) is 0 Å². The van der Waals surface area contributed by atoms with Gasteiger partial charge in [-0.25, -0.2) is 4.98 Å². The zero-order valence-corrected chi connectivity index (χ0v) is 12.1. The van der Waals surface area contributed by atoms with Gasteiger partial charge in [-0.3, -0.25) is 0 Å². The third-order valence-corrected chi connectivity index (χ3v) is 3.13. The van der Waals surface area contributed by atoms with Gasteiger partial charge in [0.2, 0.25) is 5.75 Å². The Morgan fingerprint density at radius 3 is 2.25 bits per heavy atom. The molecule has 0 atom stereocenters. The van der Waals surface area contributed by atoms with Crippen molar-refractivity contribution in [1.82, 2.24) is 4.98 Å². The second kappa shape index (κ2) is 5.69. The lowest BCUT2D eigenvalue weighted by atomic mass is 10.0. The fourth-order valence-electron chi connectivity index (χ4n) is 2.06. The molecule has 0 aliphatic carbocycles. The van der Waals surface area contributed by atoms with Gasteiger partial charge in [0.15, 0.2) is 11.5 Å². The first-order valence-electron chi connectivity index (χ1n) is 6.13. The molecule has 106 valence electrons. The number of anilines is 1. The van der Waals surface area contributed by atoms with E-state index in [1.165, 1.54) is 0 Å². The maximum Gasteiger partial charge on any atom is 0.203 e. The van der Waals surface area contributed by atoms with Gasteiger partial charge in [0.1, 0.15) is 5.82 Å². The number of benzene rings is 1. The third kappa shape index (κ3) is 2.34. The van der Waals surface area contributed by atoms with E-state index in [-0.39, 0.29) is 0 Å². The number of aromatic nitrogens is 1. The Kier molecular flexibility index (Phi) is 3.98. The number of methoxy groups -OCH3 is 3. The van der Waals surface area contributed by atoms with Crippen molar-refractivity contribution in [3.63, 3.8) is 0 Å². The zero-order chi connectivity index (χ0) is 14.7. The highest BCUT2D eigenvalue weighted by atomic mass is 16.5. The van der Waals surface area contributed by atoms with Crippen LogP contribution in [0.4, 0.5) is 5.82 Å². The Hall–Kier alpha value is -2.43. The molecular weight excluding hydrogens is 256 g/mol. The Morgan fingerprint density at radius 2 is 1.70 bits per heavy atom. The SMILES string of the molecule is COc1ccc(-c2cnc(N)c(C)c2)c(OC)c1OC. The van der Waals surface area contributed by atoms with E-state index in [2.05, 4.69) is 4.98 Å². The predicted octanol–water partition coefficient (Wildman–Crippen LogP) is 2.67. The summed E-state index contributed by atoms with van der Waals surface area (Å²) >= 11 is 0. The van der Waals surface area contributed by atoms with Gasteiger partial charge < -0.3 is 19.9 Å². The summed E-state index contributed by atoms with van der Waals surface area (Å²) in [6.45, 7) is 1.92. The summed E-state index contributed by atoms with van der Waals surface area (Å²) in [5, 5.41) is 0. The molecule has 1 aromatic heterocycles. The highest BCUT2D eigenvalue weighted by molar-refractivity contribution is 5.76. The predicted molar refractivity (Wildman–Crippen MR) is 78.5 cm³/mol. The van der Waals surface area contributed by atoms with Crippen LogP contribution >= 0.6 is 0 Å². The van der Waals surface area contributed by atoms with Crippen LogP contribution in [0.2, 0.25) is 0 Å². The molecule has 0 aliphatic heterocycles. The lowest BCUT2D eigenvalue weighted by Crippen LogP contribution is -1.98. The number of nitrogens with zero attached hydrogens (tertiary/aromatic N) is 1. The zero-order valence-electron chi connectivity index (χ0n) is 12.1. The van der Waals surface area contributed by atoms with E-state index in [4.69, 9.17) is 19.9 Å². The molecule has 5 nitrogen and oxygen atoms in total. The number of ether oxygens (including phenoxy) is 3. The molecule has 0 bridgehead atoms. The van der Waals surface area contributed by atoms with Gasteiger partial charge in [-0.05, 0) is 30.7 Å². The highest BCUT2D eigenvalue weighted by Gasteiger charge is 2.17. The lowest BCUT2D eigenvalue weighted by Gasteiger charge is -2.16. The van der Waals surface area contributed by atoms with E-state index in [0.717, 1.165) is 16.7 Å². The summed E-state index contributed by atoms with van der Waals surface area (Å²) in [6.07, 6.45) is 1.71. The molecule has 0 unspecified atom stereocenters. The van der Waals surface area contributed by atoms with Crippen molar-refractivity contribution in [2.45, 2.75) is 6.92 Å². The number of nitrogens with two attached hydrogens (primary N) is 1. The topological polar surface area (TPSA) is 66.6 Å². The molecule has 1 heterocycles. The molecule has 20 heavy (non-hydrogen) atoms. The van der Waals surface area contributed by atoms with Crippen molar-refractivity contribution >= 4 is 5.82 Å². The molecule has 0 saturated carbocycles. The van der Waals surface area contributed by atoms with Crippen LogP contribution in [-0.2, 0) is 0 Å². The van der Waals surface area contributed by atoms with Gasteiger partial charge in [0, 0.05) is 17.3 Å². The maximum atomic E-state index is 5.75. The van der Waals surface area contributed by atoms with Crippen LogP contribution in [-0.4, -0.2) is 26.3 Å². The largest absolute Gasteiger partial charge is 0.493 e. The molecule has 0 radical (unpaired) electrons. The Morgan fingerprint density at radius 1 is 1.00 bits per heavy atom. The van der Waals surface area contributed by atoms with Crippen molar-refractivity contribution in [2.75, 3.05) is 27.1 Å². The molecule has 2 N–H and O–H groups in total. The van der Waals surface area contributed by atoms with Crippen LogP contribution in [0.1, 0.15) is 5.56 Å². The van der Waals surface area contributed by atoms with Crippen LogP contribution in [0.3, 0.4) is 0 Å². The highest BCUT2D eigenvalue weighted by Crippen LogP contribution is 2.44. The summed E-state index contributed by atoms with van der Waals surface area (Å²) in [6, 6.07) is 5.71. The fraction of sp³-hybridized carbons (Fsp3) is 0.267. The molecular formula is C15H18N2O3. The molecule has 2 rings (SSSR count). The smallest absolute Gasteiger partial charge is 0.203 e. The molecule has 0 aliphatic rings. The quantitative estimate of drug-likeness (QED) is 0.928. The fourth-order valence-corrected chi connectivity index (χ4v) is 2.06. The van der Waals surface area contributed by atoms with Gasteiger partial charge in [0.05, 0.1) is 21.3 Å². The molecule has 1 aromatic carbocycles. The molecule has 0 saturated heterocycles. The van der Waals surface area contributed by atoms with Crippen molar-refractivity contribution in [1.29, 1.82) is 0 Å². The van der Waals surface area contributed by atoms with Crippen LogP contribution in [0.25, 0.3) is 11.1 Å². The Labute approximate surface area is 118 Å². The first kappa shape index (κ1) is 14.0. The summed E-state index contributed by atoms with van der Waals surface area (Å²) in [7, 11) is 4.76. The van der Waals surface area contributed by atoms with Crippen molar-refractivity contribution < 1.29 is 14.2 Å². The summed E-state index contributed by atoms with van der Waals surface area (Å²) < 4.78 is 16.1. The molecule has 0 amide bonds. The normalized spacial score (nSPS) is 10.2. The number of nitrogen functional groups attached to an aromatic ring is 1. The summed E-state index contributed by atoms with van der Waals surface area (Å²) in [5.41, 5.74) is 8.46. The summed E-state index contributed by atoms with van der Waals surface area (Å²) in [5.74, 6) is 2.31. The molecule has 0 spiro atoms. The number of hydrogen-bond acceptors (Lipinski definition) is 5. The van der Waals surface area contributed by atoms with Crippen LogP contribution in [0, 0.1) is 6.92 Å². The van der Waals surface area contributed by atoms with Crippen molar-refractivity contribution in [3.8, 4) is 28.4 Å². The standard InChI is InChI=1S/C15H18N2O3/c1-9-7-10(8-17-15(9)16)11-5-6-12(18-2)14(20-4)13(11)19-3/h5-8H,1-4H3,(H2,16,17). The van der Waals surface area contributed by atoms with Crippen LogP contribution < -0.4 is 19.9 Å². The average Bonchev–Trinajstić information content (AvgIpc) is 2.48. The second-order valence-corrected chi connectivity index (χ2v) is 4.31. The number of aryl methyl sites for hydroxylation is 1.